The number of rotatable bonds is 0. The van der Waals surface area contributed by atoms with Gasteiger partial charge in [-0.25, -0.2) is 0 Å². The summed E-state index contributed by atoms with van der Waals surface area (Å²) in [6.07, 6.45) is 2.82. The maximum Gasteiger partial charge on any atom is 0.255 e. The van der Waals surface area contributed by atoms with Gasteiger partial charge in [0.15, 0.2) is 0 Å². The third-order valence-corrected chi connectivity index (χ3v) is 2.34. The van der Waals surface area contributed by atoms with Crippen LogP contribution in [0.3, 0.4) is 0 Å². The second-order valence-electron chi connectivity index (χ2n) is 3.16. The van der Waals surface area contributed by atoms with Gasteiger partial charge in [-0.05, 0) is 24.6 Å². The van der Waals surface area contributed by atoms with E-state index in [4.69, 9.17) is 0 Å². The van der Waals surface area contributed by atoms with Gasteiger partial charge in [-0.15, -0.1) is 0 Å². The molecule has 3 heteroatoms. The van der Waals surface area contributed by atoms with Gasteiger partial charge in [0.1, 0.15) is 0 Å². The molecule has 2 heterocycles. The van der Waals surface area contributed by atoms with Crippen molar-refractivity contribution in [2.24, 2.45) is 7.05 Å². The second kappa shape index (κ2) is 2.75. The van der Waals surface area contributed by atoms with Crippen LogP contribution in [0.4, 0.5) is 0 Å². The molecule has 1 aromatic rings. The molecule has 0 saturated heterocycles. The SMILES string of the molecule is Cn1ccc2c(c1=O)CNCC2. The fourth-order valence-corrected chi connectivity index (χ4v) is 1.58. The normalized spacial score (nSPS) is 15.8. The van der Waals surface area contributed by atoms with Crippen LogP contribution in [-0.2, 0) is 20.0 Å². The molecule has 2 rings (SSSR count). The van der Waals surface area contributed by atoms with E-state index in [-0.39, 0.29) is 5.56 Å². The highest BCUT2D eigenvalue weighted by atomic mass is 16.1. The minimum absolute atomic E-state index is 0.139. The lowest BCUT2D eigenvalue weighted by molar-refractivity contribution is 0.626. The average molecular weight is 164 g/mol. The van der Waals surface area contributed by atoms with E-state index in [1.165, 1.54) is 5.56 Å². The third-order valence-electron chi connectivity index (χ3n) is 2.34. The van der Waals surface area contributed by atoms with E-state index < -0.39 is 0 Å². The number of hydrogen-bond donors (Lipinski definition) is 1. The van der Waals surface area contributed by atoms with Crippen LogP contribution in [0.1, 0.15) is 11.1 Å². The van der Waals surface area contributed by atoms with Gasteiger partial charge >= 0.3 is 0 Å². The van der Waals surface area contributed by atoms with E-state index in [0.29, 0.717) is 0 Å². The van der Waals surface area contributed by atoms with E-state index in [2.05, 4.69) is 5.32 Å². The number of aromatic nitrogens is 1. The van der Waals surface area contributed by atoms with Crippen molar-refractivity contribution in [2.75, 3.05) is 6.54 Å². The monoisotopic (exact) mass is 164 g/mol. The Kier molecular flexibility index (Phi) is 1.73. The summed E-state index contributed by atoms with van der Waals surface area (Å²) in [6, 6.07) is 2.04. The van der Waals surface area contributed by atoms with Gasteiger partial charge in [-0.2, -0.15) is 0 Å². The molecule has 0 spiro atoms. The van der Waals surface area contributed by atoms with E-state index in [1.54, 1.807) is 11.6 Å². The fraction of sp³-hybridized carbons (Fsp3) is 0.444. The maximum absolute atomic E-state index is 11.5. The summed E-state index contributed by atoms with van der Waals surface area (Å²) in [5, 5.41) is 3.20. The lowest BCUT2D eigenvalue weighted by atomic mass is 10.0. The molecule has 0 radical (unpaired) electrons. The summed E-state index contributed by atoms with van der Waals surface area (Å²) in [5.74, 6) is 0. The van der Waals surface area contributed by atoms with E-state index in [0.717, 1.165) is 25.1 Å². The van der Waals surface area contributed by atoms with Crippen molar-refractivity contribution in [1.29, 1.82) is 0 Å². The van der Waals surface area contributed by atoms with Crippen LogP contribution in [0.2, 0.25) is 0 Å². The molecule has 0 saturated carbocycles. The van der Waals surface area contributed by atoms with Crippen molar-refractivity contribution in [1.82, 2.24) is 9.88 Å². The molecule has 1 N–H and O–H groups in total. The topological polar surface area (TPSA) is 34.0 Å². The Morgan fingerprint density at radius 3 is 3.25 bits per heavy atom. The van der Waals surface area contributed by atoms with Gasteiger partial charge in [0.2, 0.25) is 0 Å². The highest BCUT2D eigenvalue weighted by Gasteiger charge is 2.11. The molecule has 0 atom stereocenters. The largest absolute Gasteiger partial charge is 0.318 e. The van der Waals surface area contributed by atoms with E-state index >= 15 is 0 Å². The fourth-order valence-electron chi connectivity index (χ4n) is 1.58. The number of pyridine rings is 1. The highest BCUT2D eigenvalue weighted by Crippen LogP contribution is 2.07. The Morgan fingerprint density at radius 1 is 1.58 bits per heavy atom. The van der Waals surface area contributed by atoms with Gasteiger partial charge in [0, 0.05) is 25.4 Å². The zero-order chi connectivity index (χ0) is 8.55. The molecule has 0 unspecified atom stereocenters. The molecule has 0 aromatic carbocycles. The standard InChI is InChI=1S/C9H12N2O/c1-11-5-3-7-2-4-10-6-8(7)9(11)12/h3,5,10H,2,4,6H2,1H3. The number of fused-ring (bicyclic) bond motifs is 1. The smallest absolute Gasteiger partial charge is 0.255 e. The minimum Gasteiger partial charge on any atom is -0.318 e. The van der Waals surface area contributed by atoms with Gasteiger partial charge in [0.05, 0.1) is 0 Å². The quantitative estimate of drug-likeness (QED) is 0.587. The van der Waals surface area contributed by atoms with Crippen molar-refractivity contribution in [2.45, 2.75) is 13.0 Å². The van der Waals surface area contributed by atoms with Gasteiger partial charge < -0.3 is 9.88 Å². The van der Waals surface area contributed by atoms with Crippen molar-refractivity contribution >= 4 is 0 Å². The third kappa shape index (κ3) is 1.06. The van der Waals surface area contributed by atoms with Crippen LogP contribution in [0.5, 0.6) is 0 Å². The van der Waals surface area contributed by atoms with Crippen LogP contribution in [-0.4, -0.2) is 11.1 Å². The molecule has 0 aliphatic carbocycles. The molecule has 12 heavy (non-hydrogen) atoms. The van der Waals surface area contributed by atoms with Crippen molar-refractivity contribution in [3.8, 4) is 0 Å². The minimum atomic E-state index is 0.139. The van der Waals surface area contributed by atoms with Gasteiger partial charge in [-0.3, -0.25) is 4.79 Å². The predicted molar refractivity (Wildman–Crippen MR) is 47.1 cm³/mol. The average Bonchev–Trinajstić information content (AvgIpc) is 2.12. The Labute approximate surface area is 71.0 Å². The molecule has 1 aliphatic heterocycles. The number of hydrogen-bond acceptors (Lipinski definition) is 2. The van der Waals surface area contributed by atoms with E-state index in [1.807, 2.05) is 12.3 Å². The van der Waals surface area contributed by atoms with Crippen LogP contribution in [0, 0.1) is 0 Å². The van der Waals surface area contributed by atoms with Crippen LogP contribution in [0.25, 0.3) is 0 Å². The van der Waals surface area contributed by atoms with Crippen molar-refractivity contribution in [3.05, 3.63) is 33.7 Å². The second-order valence-corrected chi connectivity index (χ2v) is 3.16. The molecule has 1 aromatic heterocycles. The van der Waals surface area contributed by atoms with Crippen molar-refractivity contribution in [3.63, 3.8) is 0 Å². The number of nitrogens with zero attached hydrogens (tertiary/aromatic N) is 1. The Bertz CT molecular complexity index is 354. The first kappa shape index (κ1) is 7.55. The summed E-state index contributed by atoms with van der Waals surface area (Å²) in [6.45, 7) is 1.71. The first-order chi connectivity index (χ1) is 5.79. The first-order valence-corrected chi connectivity index (χ1v) is 4.17. The molecule has 3 nitrogen and oxygen atoms in total. The molecule has 0 amide bonds. The van der Waals surface area contributed by atoms with Crippen LogP contribution in [0.15, 0.2) is 17.1 Å². The summed E-state index contributed by atoms with van der Waals surface area (Å²) in [7, 11) is 1.79. The molecule has 0 bridgehead atoms. The predicted octanol–water partition coefficient (Wildman–Crippen LogP) is 0.0310. The zero-order valence-corrected chi connectivity index (χ0v) is 7.13. The molecule has 64 valence electrons. The molecular weight excluding hydrogens is 152 g/mol. The Balaban J connectivity index is 2.62. The van der Waals surface area contributed by atoms with Gasteiger partial charge in [0.25, 0.3) is 5.56 Å². The summed E-state index contributed by atoms with van der Waals surface area (Å²) in [4.78, 5) is 11.5. The van der Waals surface area contributed by atoms with E-state index in [9.17, 15) is 4.79 Å². The van der Waals surface area contributed by atoms with Crippen LogP contribution >= 0.6 is 0 Å². The number of nitrogens with one attached hydrogen (secondary N) is 1. The lowest BCUT2D eigenvalue weighted by Gasteiger charge is -2.16. The highest BCUT2D eigenvalue weighted by molar-refractivity contribution is 5.26. The summed E-state index contributed by atoms with van der Waals surface area (Å²) < 4.78 is 1.63. The zero-order valence-electron chi connectivity index (χ0n) is 7.13. The van der Waals surface area contributed by atoms with Gasteiger partial charge in [-0.1, -0.05) is 0 Å². The maximum atomic E-state index is 11.5. The molecule has 0 fully saturated rings. The molecular formula is C9H12N2O. The molecule has 1 aliphatic rings. The van der Waals surface area contributed by atoms with Crippen molar-refractivity contribution < 1.29 is 0 Å². The summed E-state index contributed by atoms with van der Waals surface area (Å²) in [5.41, 5.74) is 2.28. The summed E-state index contributed by atoms with van der Waals surface area (Å²) >= 11 is 0. The Hall–Kier alpha value is -1.09. The number of aryl methyl sites for hydroxylation is 1. The Morgan fingerprint density at radius 2 is 2.42 bits per heavy atom. The first-order valence-electron chi connectivity index (χ1n) is 4.17. The van der Waals surface area contributed by atoms with Crippen LogP contribution < -0.4 is 10.9 Å². The lowest BCUT2D eigenvalue weighted by Crippen LogP contribution is -2.32.